The van der Waals surface area contributed by atoms with Gasteiger partial charge in [-0.3, -0.25) is 4.90 Å². The number of benzene rings is 1. The van der Waals surface area contributed by atoms with Gasteiger partial charge in [0.05, 0.1) is 25.3 Å². The monoisotopic (exact) mass is 296 g/mol. The van der Waals surface area contributed by atoms with Crippen LogP contribution in [-0.4, -0.2) is 45.3 Å². The van der Waals surface area contributed by atoms with E-state index in [1.807, 2.05) is 18.2 Å². The van der Waals surface area contributed by atoms with Gasteiger partial charge < -0.3 is 14.8 Å². The summed E-state index contributed by atoms with van der Waals surface area (Å²) in [5.74, 6) is 1.22. The third-order valence-corrected chi connectivity index (χ3v) is 3.99. The Balaban J connectivity index is 2.36. The van der Waals surface area contributed by atoms with Crippen LogP contribution in [0.5, 0.6) is 11.5 Å². The van der Waals surface area contributed by atoms with Crippen molar-refractivity contribution < 1.29 is 9.47 Å². The normalized spacial score (nSPS) is 17.6. The summed E-state index contributed by atoms with van der Waals surface area (Å²) < 4.78 is 10.6. The Kier molecular flexibility index (Phi) is 5.29. The maximum absolute atomic E-state index is 6.49. The summed E-state index contributed by atoms with van der Waals surface area (Å²) in [4.78, 5) is 2.36. The molecule has 0 aliphatic carbocycles. The van der Waals surface area contributed by atoms with Crippen LogP contribution in [0.2, 0.25) is 5.02 Å². The van der Waals surface area contributed by atoms with E-state index in [1.54, 1.807) is 14.2 Å². The highest BCUT2D eigenvalue weighted by molar-refractivity contribution is 6.33. The molecule has 20 heavy (non-hydrogen) atoms. The lowest BCUT2D eigenvalue weighted by Crippen LogP contribution is -2.44. The van der Waals surface area contributed by atoms with Gasteiger partial charge in [0, 0.05) is 26.2 Å². The fourth-order valence-electron chi connectivity index (χ4n) is 2.57. The van der Waals surface area contributed by atoms with Crippen LogP contribution in [0.4, 0.5) is 0 Å². The minimum absolute atomic E-state index is 0.0874. The molecule has 0 bridgehead atoms. The fourth-order valence-corrected chi connectivity index (χ4v) is 2.91. The zero-order valence-corrected chi connectivity index (χ0v) is 12.7. The zero-order chi connectivity index (χ0) is 14.5. The molecular weight excluding hydrogens is 276 g/mol. The molecule has 0 radical (unpaired) electrons. The molecule has 0 amide bonds. The van der Waals surface area contributed by atoms with E-state index in [0.717, 1.165) is 31.7 Å². The highest BCUT2D eigenvalue weighted by Crippen LogP contribution is 2.41. The number of piperazine rings is 1. The molecule has 0 spiro atoms. The third kappa shape index (κ3) is 2.92. The van der Waals surface area contributed by atoms with E-state index in [-0.39, 0.29) is 6.04 Å². The van der Waals surface area contributed by atoms with Crippen LogP contribution in [0.1, 0.15) is 11.6 Å². The largest absolute Gasteiger partial charge is 0.493 e. The number of nitrogens with zero attached hydrogens (tertiary/aromatic N) is 1. The Morgan fingerprint density at radius 1 is 1.30 bits per heavy atom. The lowest BCUT2D eigenvalue weighted by molar-refractivity contribution is 0.203. The number of rotatable bonds is 5. The van der Waals surface area contributed by atoms with E-state index in [2.05, 4.69) is 16.8 Å². The summed E-state index contributed by atoms with van der Waals surface area (Å²) in [5.41, 5.74) is 1.00. The van der Waals surface area contributed by atoms with Crippen molar-refractivity contribution in [3.63, 3.8) is 0 Å². The van der Waals surface area contributed by atoms with Gasteiger partial charge in [0.15, 0.2) is 11.5 Å². The van der Waals surface area contributed by atoms with Gasteiger partial charge in [-0.15, -0.1) is 6.58 Å². The summed E-state index contributed by atoms with van der Waals surface area (Å²) in [7, 11) is 3.20. The van der Waals surface area contributed by atoms with E-state index in [9.17, 15) is 0 Å². The van der Waals surface area contributed by atoms with Crippen LogP contribution in [0.25, 0.3) is 0 Å². The molecule has 1 fully saturated rings. The molecule has 4 nitrogen and oxygen atoms in total. The Morgan fingerprint density at radius 3 is 2.55 bits per heavy atom. The number of ether oxygens (including phenoxy) is 2. The van der Waals surface area contributed by atoms with Crippen LogP contribution in [-0.2, 0) is 0 Å². The molecule has 0 unspecified atom stereocenters. The average molecular weight is 297 g/mol. The van der Waals surface area contributed by atoms with Gasteiger partial charge in [0.25, 0.3) is 0 Å². The molecule has 1 aromatic rings. The van der Waals surface area contributed by atoms with Crippen LogP contribution in [0.3, 0.4) is 0 Å². The fraction of sp³-hybridized carbons (Fsp3) is 0.467. The number of halogens is 1. The highest BCUT2D eigenvalue weighted by Gasteiger charge is 2.24. The summed E-state index contributed by atoms with van der Waals surface area (Å²) in [6, 6.07) is 3.96. The molecule has 1 atom stereocenters. The minimum Gasteiger partial charge on any atom is -0.493 e. The second-order valence-corrected chi connectivity index (χ2v) is 5.05. The topological polar surface area (TPSA) is 33.7 Å². The summed E-state index contributed by atoms with van der Waals surface area (Å²) >= 11 is 6.49. The van der Waals surface area contributed by atoms with Crippen LogP contribution in [0.15, 0.2) is 24.8 Å². The first-order chi connectivity index (χ1) is 9.72. The van der Waals surface area contributed by atoms with E-state index < -0.39 is 0 Å². The smallest absolute Gasteiger partial charge is 0.179 e. The number of hydrogen-bond acceptors (Lipinski definition) is 4. The van der Waals surface area contributed by atoms with Crippen molar-refractivity contribution in [2.75, 3.05) is 40.4 Å². The second-order valence-electron chi connectivity index (χ2n) is 4.67. The molecule has 0 saturated carbocycles. The first kappa shape index (κ1) is 15.2. The van der Waals surface area contributed by atoms with E-state index in [1.165, 1.54) is 0 Å². The summed E-state index contributed by atoms with van der Waals surface area (Å²) in [5, 5.41) is 3.94. The van der Waals surface area contributed by atoms with Crippen LogP contribution >= 0.6 is 11.6 Å². The molecule has 1 heterocycles. The number of methoxy groups -OCH3 is 2. The van der Waals surface area contributed by atoms with E-state index in [0.29, 0.717) is 16.5 Å². The summed E-state index contributed by atoms with van der Waals surface area (Å²) in [6.07, 6.45) is 1.93. The Bertz CT molecular complexity index is 473. The number of nitrogens with one attached hydrogen (secondary N) is 1. The van der Waals surface area contributed by atoms with Crippen molar-refractivity contribution in [1.82, 2.24) is 10.2 Å². The molecule has 1 aromatic carbocycles. The van der Waals surface area contributed by atoms with Gasteiger partial charge >= 0.3 is 0 Å². The lowest BCUT2D eigenvalue weighted by Gasteiger charge is -2.34. The Morgan fingerprint density at radius 2 is 2.00 bits per heavy atom. The highest BCUT2D eigenvalue weighted by atomic mass is 35.5. The van der Waals surface area contributed by atoms with Crippen molar-refractivity contribution in [1.29, 1.82) is 0 Å². The standard InChI is InChI=1S/C15H21ClN2O2/c1-4-12(18-9-7-17-8-10-18)11-5-6-13(19-2)15(20-3)14(11)16/h4-6,12,17H,1,7-10H2,2-3H3/t12-/m0/s1. The zero-order valence-electron chi connectivity index (χ0n) is 12.0. The predicted molar refractivity (Wildman–Crippen MR) is 81.9 cm³/mol. The quantitative estimate of drug-likeness (QED) is 0.847. The molecule has 1 saturated heterocycles. The van der Waals surface area contributed by atoms with Crippen molar-refractivity contribution in [2.24, 2.45) is 0 Å². The lowest BCUT2D eigenvalue weighted by atomic mass is 10.0. The van der Waals surface area contributed by atoms with Crippen molar-refractivity contribution in [2.45, 2.75) is 6.04 Å². The SMILES string of the molecule is C=C[C@@H](c1ccc(OC)c(OC)c1Cl)N1CCNCC1. The molecular formula is C15H21ClN2O2. The molecule has 1 aliphatic rings. The predicted octanol–water partition coefficient (Wildman–Crippen LogP) is 2.49. The van der Waals surface area contributed by atoms with E-state index >= 15 is 0 Å². The van der Waals surface area contributed by atoms with Gasteiger partial charge in [-0.1, -0.05) is 23.7 Å². The van der Waals surface area contributed by atoms with Crippen molar-refractivity contribution in [3.05, 3.63) is 35.4 Å². The van der Waals surface area contributed by atoms with Gasteiger partial charge in [0.1, 0.15) is 0 Å². The second kappa shape index (κ2) is 6.97. The summed E-state index contributed by atoms with van der Waals surface area (Å²) in [6.45, 7) is 7.87. The first-order valence-corrected chi connectivity index (χ1v) is 7.08. The van der Waals surface area contributed by atoms with Gasteiger partial charge in [0.2, 0.25) is 0 Å². The number of hydrogen-bond donors (Lipinski definition) is 1. The molecule has 110 valence electrons. The Hall–Kier alpha value is -1.23. The molecule has 1 N–H and O–H groups in total. The molecule has 2 rings (SSSR count). The average Bonchev–Trinajstić information content (AvgIpc) is 2.50. The van der Waals surface area contributed by atoms with Gasteiger partial charge in [-0.2, -0.15) is 0 Å². The first-order valence-electron chi connectivity index (χ1n) is 6.70. The maximum Gasteiger partial charge on any atom is 0.179 e. The van der Waals surface area contributed by atoms with E-state index in [4.69, 9.17) is 21.1 Å². The molecule has 1 aliphatic heterocycles. The van der Waals surface area contributed by atoms with Gasteiger partial charge in [-0.05, 0) is 11.6 Å². The Labute approximate surface area is 125 Å². The van der Waals surface area contributed by atoms with Crippen molar-refractivity contribution in [3.8, 4) is 11.5 Å². The maximum atomic E-state index is 6.49. The third-order valence-electron chi connectivity index (χ3n) is 3.60. The minimum atomic E-state index is 0.0874. The van der Waals surface area contributed by atoms with Crippen LogP contribution < -0.4 is 14.8 Å². The van der Waals surface area contributed by atoms with Crippen LogP contribution in [0, 0.1) is 0 Å². The molecule has 0 aromatic heterocycles. The van der Waals surface area contributed by atoms with Gasteiger partial charge in [-0.25, -0.2) is 0 Å². The molecule has 5 heteroatoms. The van der Waals surface area contributed by atoms with Crippen molar-refractivity contribution >= 4 is 11.6 Å².